The molecule has 0 amide bonds. The van der Waals surface area contributed by atoms with Crippen LogP contribution in [0, 0.1) is 5.82 Å². The lowest BCUT2D eigenvalue weighted by Crippen LogP contribution is -2.22. The smallest absolute Gasteiger partial charge is 0.123 e. The number of hydrogen-bond donors (Lipinski definition) is 1. The van der Waals surface area contributed by atoms with E-state index in [1.54, 1.807) is 12.1 Å². The van der Waals surface area contributed by atoms with Crippen LogP contribution in [0.5, 0.6) is 0 Å². The maximum Gasteiger partial charge on any atom is 0.123 e. The number of rotatable bonds is 1. The van der Waals surface area contributed by atoms with E-state index >= 15 is 0 Å². The summed E-state index contributed by atoms with van der Waals surface area (Å²) in [5.74, 6) is -0.220. The van der Waals surface area contributed by atoms with Crippen LogP contribution in [0.15, 0.2) is 30.5 Å². The Morgan fingerprint density at radius 3 is 2.81 bits per heavy atom. The van der Waals surface area contributed by atoms with Gasteiger partial charge < -0.3 is 5.32 Å². The third-order valence-electron chi connectivity index (χ3n) is 2.82. The number of aromatic nitrogens is 2. The molecule has 0 fully saturated rings. The monoisotopic (exact) mass is 217 g/mol. The van der Waals surface area contributed by atoms with E-state index in [-0.39, 0.29) is 5.82 Å². The fourth-order valence-electron chi connectivity index (χ4n) is 1.96. The van der Waals surface area contributed by atoms with Gasteiger partial charge in [0.1, 0.15) is 5.82 Å². The van der Waals surface area contributed by atoms with Gasteiger partial charge in [-0.25, -0.2) is 9.07 Å². The third-order valence-corrected chi connectivity index (χ3v) is 2.82. The molecule has 1 aromatic heterocycles. The fourth-order valence-corrected chi connectivity index (χ4v) is 1.96. The largest absolute Gasteiger partial charge is 0.312 e. The van der Waals surface area contributed by atoms with Gasteiger partial charge in [0.25, 0.3) is 0 Å². The van der Waals surface area contributed by atoms with Gasteiger partial charge in [-0.1, -0.05) is 0 Å². The molecule has 1 aliphatic heterocycles. The molecule has 0 bridgehead atoms. The van der Waals surface area contributed by atoms with E-state index in [9.17, 15) is 4.39 Å². The lowest BCUT2D eigenvalue weighted by Gasteiger charge is -2.09. The lowest BCUT2D eigenvalue weighted by molar-refractivity contribution is 0.626. The maximum atomic E-state index is 12.8. The van der Waals surface area contributed by atoms with Gasteiger partial charge in [0.05, 0.1) is 11.4 Å². The molecule has 0 saturated heterocycles. The molecule has 0 saturated carbocycles. The van der Waals surface area contributed by atoms with Gasteiger partial charge in [0.15, 0.2) is 0 Å². The van der Waals surface area contributed by atoms with Gasteiger partial charge in [0.2, 0.25) is 0 Å². The maximum absolute atomic E-state index is 12.8. The zero-order valence-corrected chi connectivity index (χ0v) is 8.78. The van der Waals surface area contributed by atoms with Crippen molar-refractivity contribution < 1.29 is 4.39 Å². The van der Waals surface area contributed by atoms with Gasteiger partial charge in [-0.3, -0.25) is 0 Å². The van der Waals surface area contributed by atoms with Crippen molar-refractivity contribution in [3.8, 4) is 5.69 Å². The molecule has 82 valence electrons. The van der Waals surface area contributed by atoms with Crippen LogP contribution < -0.4 is 5.32 Å². The van der Waals surface area contributed by atoms with Gasteiger partial charge in [0, 0.05) is 31.3 Å². The molecule has 3 nitrogen and oxygen atoms in total. The van der Waals surface area contributed by atoms with Gasteiger partial charge in [-0.05, 0) is 24.3 Å². The first-order valence-electron chi connectivity index (χ1n) is 5.37. The summed E-state index contributed by atoms with van der Waals surface area (Å²) < 4.78 is 14.6. The quantitative estimate of drug-likeness (QED) is 0.787. The summed E-state index contributed by atoms with van der Waals surface area (Å²) in [5.41, 5.74) is 3.27. The van der Waals surface area contributed by atoms with Crippen LogP contribution in [-0.2, 0) is 13.0 Å². The molecule has 1 aromatic carbocycles. The predicted octanol–water partition coefficient (Wildman–Crippen LogP) is 1.66. The first-order valence-corrected chi connectivity index (χ1v) is 5.37. The Balaban J connectivity index is 2.00. The van der Waals surface area contributed by atoms with Crippen LogP contribution in [0.3, 0.4) is 0 Å². The number of halogens is 1. The second kappa shape index (κ2) is 3.72. The zero-order valence-electron chi connectivity index (χ0n) is 8.78. The van der Waals surface area contributed by atoms with Gasteiger partial charge in [-0.15, -0.1) is 0 Å². The van der Waals surface area contributed by atoms with Crippen molar-refractivity contribution in [1.29, 1.82) is 0 Å². The molecule has 1 N–H and O–H groups in total. The Morgan fingerprint density at radius 1 is 1.25 bits per heavy atom. The Bertz CT molecular complexity index is 478. The number of nitrogens with one attached hydrogen (secondary N) is 1. The van der Waals surface area contributed by atoms with E-state index in [1.807, 2.05) is 10.9 Å². The molecule has 0 atom stereocenters. The molecule has 4 heteroatoms. The fraction of sp³-hybridized carbons (Fsp3) is 0.250. The summed E-state index contributed by atoms with van der Waals surface area (Å²) in [6, 6.07) is 6.38. The highest BCUT2D eigenvalue weighted by Crippen LogP contribution is 2.15. The molecule has 3 rings (SSSR count). The number of fused-ring (bicyclic) bond motifs is 1. The first kappa shape index (κ1) is 9.54. The van der Waals surface area contributed by atoms with Crippen LogP contribution in [0.4, 0.5) is 4.39 Å². The molecule has 0 aliphatic carbocycles. The molecular weight excluding hydrogens is 205 g/mol. The highest BCUT2D eigenvalue weighted by Gasteiger charge is 2.13. The summed E-state index contributed by atoms with van der Waals surface area (Å²) in [5, 5.41) is 7.81. The average molecular weight is 217 g/mol. The average Bonchev–Trinajstić information content (AvgIpc) is 2.73. The molecule has 0 spiro atoms. The summed E-state index contributed by atoms with van der Waals surface area (Å²) in [6.07, 6.45) is 2.97. The van der Waals surface area contributed by atoms with Crippen molar-refractivity contribution in [2.24, 2.45) is 0 Å². The minimum atomic E-state index is -0.220. The molecule has 1 aliphatic rings. The SMILES string of the molecule is Fc1ccc(-n2cc3c(n2)CCNC3)cc1. The van der Waals surface area contributed by atoms with Crippen LogP contribution in [-0.4, -0.2) is 16.3 Å². The van der Waals surface area contributed by atoms with Crippen molar-refractivity contribution in [1.82, 2.24) is 15.1 Å². The van der Waals surface area contributed by atoms with E-state index in [4.69, 9.17) is 0 Å². The molecule has 0 unspecified atom stereocenters. The second-order valence-electron chi connectivity index (χ2n) is 3.95. The van der Waals surface area contributed by atoms with Crippen molar-refractivity contribution in [2.45, 2.75) is 13.0 Å². The molecule has 2 heterocycles. The molecular formula is C12H12FN3. The number of hydrogen-bond acceptors (Lipinski definition) is 2. The summed E-state index contributed by atoms with van der Waals surface area (Å²) in [4.78, 5) is 0. The van der Waals surface area contributed by atoms with E-state index in [0.717, 1.165) is 30.9 Å². The van der Waals surface area contributed by atoms with Crippen molar-refractivity contribution >= 4 is 0 Å². The van der Waals surface area contributed by atoms with Crippen molar-refractivity contribution in [3.63, 3.8) is 0 Å². The highest BCUT2D eigenvalue weighted by molar-refractivity contribution is 5.33. The van der Waals surface area contributed by atoms with Crippen LogP contribution in [0.1, 0.15) is 11.3 Å². The number of benzene rings is 1. The molecule has 16 heavy (non-hydrogen) atoms. The summed E-state index contributed by atoms with van der Waals surface area (Å²) in [7, 11) is 0. The number of nitrogens with zero attached hydrogens (tertiary/aromatic N) is 2. The van der Waals surface area contributed by atoms with Crippen LogP contribution in [0.25, 0.3) is 5.69 Å². The Labute approximate surface area is 92.9 Å². The van der Waals surface area contributed by atoms with Crippen molar-refractivity contribution in [2.75, 3.05) is 6.54 Å². The first-order chi connectivity index (χ1) is 7.83. The van der Waals surface area contributed by atoms with Crippen LogP contribution in [0.2, 0.25) is 0 Å². The Morgan fingerprint density at radius 2 is 2.06 bits per heavy atom. The third kappa shape index (κ3) is 1.61. The Hall–Kier alpha value is -1.68. The Kier molecular flexibility index (Phi) is 2.22. The van der Waals surface area contributed by atoms with E-state index in [1.165, 1.54) is 17.7 Å². The lowest BCUT2D eigenvalue weighted by atomic mass is 10.1. The van der Waals surface area contributed by atoms with E-state index < -0.39 is 0 Å². The minimum absolute atomic E-state index is 0.220. The van der Waals surface area contributed by atoms with E-state index in [2.05, 4.69) is 10.4 Å². The zero-order chi connectivity index (χ0) is 11.0. The van der Waals surface area contributed by atoms with Gasteiger partial charge >= 0.3 is 0 Å². The minimum Gasteiger partial charge on any atom is -0.312 e. The van der Waals surface area contributed by atoms with Gasteiger partial charge in [-0.2, -0.15) is 5.10 Å². The highest BCUT2D eigenvalue weighted by atomic mass is 19.1. The molecule has 0 radical (unpaired) electrons. The second-order valence-corrected chi connectivity index (χ2v) is 3.95. The standard InChI is InChI=1S/C12H12FN3/c13-10-1-3-11(4-2-10)16-8-9-7-14-6-5-12(9)15-16/h1-4,8,14H,5-7H2. The summed E-state index contributed by atoms with van der Waals surface area (Å²) >= 11 is 0. The predicted molar refractivity (Wildman–Crippen MR) is 58.9 cm³/mol. The van der Waals surface area contributed by atoms with Crippen LogP contribution >= 0.6 is 0 Å². The summed E-state index contributed by atoms with van der Waals surface area (Å²) in [6.45, 7) is 1.85. The van der Waals surface area contributed by atoms with Crippen molar-refractivity contribution in [3.05, 3.63) is 47.5 Å². The molecule has 2 aromatic rings. The topological polar surface area (TPSA) is 29.9 Å². The van der Waals surface area contributed by atoms with E-state index in [0.29, 0.717) is 0 Å². The normalized spacial score (nSPS) is 14.8.